The first-order chi connectivity index (χ1) is 12.4. The lowest BCUT2D eigenvalue weighted by atomic mass is 9.92. The van der Waals surface area contributed by atoms with Crippen LogP contribution in [0.4, 0.5) is 5.69 Å². The zero-order chi connectivity index (χ0) is 18.8. The summed E-state index contributed by atoms with van der Waals surface area (Å²) in [5, 5.41) is 20.7. The first-order valence-electron chi connectivity index (χ1n) is 8.54. The molecule has 0 bridgehead atoms. The third-order valence-electron chi connectivity index (χ3n) is 4.36. The molecule has 26 heavy (non-hydrogen) atoms. The maximum absolute atomic E-state index is 12.8. The van der Waals surface area contributed by atoms with Gasteiger partial charge in [-0.25, -0.2) is 0 Å². The number of benzene rings is 2. The number of hydrogen-bond acceptors (Lipinski definition) is 4. The highest BCUT2D eigenvalue weighted by atomic mass is 16.3. The van der Waals surface area contributed by atoms with E-state index >= 15 is 0 Å². The third-order valence-corrected chi connectivity index (χ3v) is 4.36. The van der Waals surface area contributed by atoms with Gasteiger partial charge in [0.2, 0.25) is 0 Å². The van der Waals surface area contributed by atoms with Crippen molar-refractivity contribution in [3.8, 4) is 5.75 Å². The smallest absolute Gasteiger partial charge is 0.294 e. The van der Waals surface area contributed by atoms with Crippen molar-refractivity contribution in [1.82, 2.24) is 0 Å². The van der Waals surface area contributed by atoms with Crippen LogP contribution in [0.3, 0.4) is 0 Å². The van der Waals surface area contributed by atoms with Gasteiger partial charge in [0.25, 0.3) is 5.91 Å². The minimum atomic E-state index is -0.775. The first kappa shape index (κ1) is 17.7. The summed E-state index contributed by atoms with van der Waals surface area (Å²) in [7, 11) is 0. The van der Waals surface area contributed by atoms with Crippen LogP contribution >= 0.6 is 0 Å². The molecular formula is C21H21NO4. The van der Waals surface area contributed by atoms with Crippen LogP contribution < -0.4 is 4.90 Å². The number of carbonyl (C=O) groups excluding carboxylic acids is 2. The molecular weight excluding hydrogens is 330 g/mol. The largest absolute Gasteiger partial charge is 0.506 e. The van der Waals surface area contributed by atoms with Gasteiger partial charge in [-0.3, -0.25) is 14.5 Å². The van der Waals surface area contributed by atoms with Gasteiger partial charge < -0.3 is 10.2 Å². The molecule has 1 unspecified atom stereocenters. The van der Waals surface area contributed by atoms with Gasteiger partial charge >= 0.3 is 0 Å². The summed E-state index contributed by atoms with van der Waals surface area (Å²) < 4.78 is 0. The Labute approximate surface area is 152 Å². The molecule has 134 valence electrons. The van der Waals surface area contributed by atoms with E-state index in [1.54, 1.807) is 30.3 Å². The number of rotatable bonds is 5. The van der Waals surface area contributed by atoms with Gasteiger partial charge in [0.15, 0.2) is 11.5 Å². The van der Waals surface area contributed by atoms with Crippen LogP contribution in [0.5, 0.6) is 5.75 Å². The summed E-state index contributed by atoms with van der Waals surface area (Å²) >= 11 is 0. The van der Waals surface area contributed by atoms with E-state index in [9.17, 15) is 19.8 Å². The number of ketones is 1. The van der Waals surface area contributed by atoms with Crippen molar-refractivity contribution < 1.29 is 19.8 Å². The van der Waals surface area contributed by atoms with Crippen LogP contribution in [0, 0.1) is 5.92 Å². The van der Waals surface area contributed by atoms with Gasteiger partial charge in [-0.15, -0.1) is 0 Å². The van der Waals surface area contributed by atoms with Crippen LogP contribution in [0.1, 0.15) is 31.9 Å². The lowest BCUT2D eigenvalue weighted by molar-refractivity contribution is -0.118. The van der Waals surface area contributed by atoms with Gasteiger partial charge in [0, 0.05) is 6.42 Å². The molecule has 5 nitrogen and oxygen atoms in total. The fourth-order valence-corrected chi connectivity index (χ4v) is 3.24. The van der Waals surface area contributed by atoms with Crippen LogP contribution in [-0.2, 0) is 9.59 Å². The van der Waals surface area contributed by atoms with Crippen molar-refractivity contribution >= 4 is 17.4 Å². The quantitative estimate of drug-likeness (QED) is 0.856. The standard InChI is InChI=1S/C21H21NO4/c1-13(2)12-17(24)18-19(14-8-4-3-5-9-14)22(21(26)20(18)25)15-10-6-7-11-16(15)23/h3-11,13,19,23,25H,12H2,1-2H3. The molecule has 0 spiro atoms. The van der Waals surface area contributed by atoms with Crippen molar-refractivity contribution in [3.63, 3.8) is 0 Å². The molecule has 0 saturated carbocycles. The monoisotopic (exact) mass is 351 g/mol. The third kappa shape index (κ3) is 3.08. The summed E-state index contributed by atoms with van der Waals surface area (Å²) in [5.41, 5.74) is 1.03. The molecule has 1 atom stereocenters. The van der Waals surface area contributed by atoms with Crippen molar-refractivity contribution in [2.75, 3.05) is 4.90 Å². The number of aliphatic hydroxyl groups excluding tert-OH is 1. The van der Waals surface area contributed by atoms with Gasteiger partial charge in [-0.05, 0) is 23.6 Å². The second kappa shape index (κ2) is 7.04. The van der Waals surface area contributed by atoms with E-state index in [4.69, 9.17) is 0 Å². The molecule has 1 amide bonds. The van der Waals surface area contributed by atoms with Gasteiger partial charge in [0.1, 0.15) is 5.75 Å². The molecule has 1 aliphatic rings. The number of phenols is 1. The van der Waals surface area contributed by atoms with E-state index in [2.05, 4.69) is 0 Å². The highest BCUT2D eigenvalue weighted by Crippen LogP contribution is 2.44. The van der Waals surface area contributed by atoms with E-state index in [1.165, 1.54) is 11.0 Å². The lowest BCUT2D eigenvalue weighted by Crippen LogP contribution is -2.31. The van der Waals surface area contributed by atoms with Gasteiger partial charge in [-0.2, -0.15) is 0 Å². The molecule has 0 aliphatic carbocycles. The van der Waals surface area contributed by atoms with Gasteiger partial charge in [-0.1, -0.05) is 56.3 Å². The zero-order valence-electron chi connectivity index (χ0n) is 14.7. The van der Waals surface area contributed by atoms with Crippen LogP contribution in [0.2, 0.25) is 0 Å². The molecule has 2 N–H and O–H groups in total. The normalized spacial score (nSPS) is 17.3. The average molecular weight is 351 g/mol. The van der Waals surface area contributed by atoms with Crippen LogP contribution in [-0.4, -0.2) is 21.9 Å². The SMILES string of the molecule is CC(C)CC(=O)C1=C(O)C(=O)N(c2ccccc2O)C1c1ccccc1. The number of phenolic OH excluding ortho intramolecular Hbond substituents is 1. The Morgan fingerprint density at radius 1 is 1.04 bits per heavy atom. The molecule has 2 aromatic rings. The molecule has 1 heterocycles. The molecule has 0 radical (unpaired) electrons. The van der Waals surface area contributed by atoms with E-state index in [1.807, 2.05) is 32.0 Å². The molecule has 1 aliphatic heterocycles. The van der Waals surface area contributed by atoms with E-state index in [-0.39, 0.29) is 35.1 Å². The Bertz CT molecular complexity index is 871. The summed E-state index contributed by atoms with van der Waals surface area (Å²) in [6.07, 6.45) is 0.227. The lowest BCUT2D eigenvalue weighted by Gasteiger charge is -2.27. The average Bonchev–Trinajstić information content (AvgIpc) is 2.87. The molecule has 0 saturated heterocycles. The number of Topliss-reactive ketones (excluding diaryl/α,β-unsaturated/α-hetero) is 1. The Hall–Kier alpha value is -3.08. The second-order valence-electron chi connectivity index (χ2n) is 6.76. The maximum Gasteiger partial charge on any atom is 0.294 e. The number of aromatic hydroxyl groups is 1. The molecule has 2 aromatic carbocycles. The minimum Gasteiger partial charge on any atom is -0.506 e. The van der Waals surface area contributed by atoms with Crippen molar-refractivity contribution in [1.29, 1.82) is 0 Å². The number of aliphatic hydroxyl groups is 1. The number of anilines is 1. The first-order valence-corrected chi connectivity index (χ1v) is 8.54. The summed E-state index contributed by atoms with van der Waals surface area (Å²) in [4.78, 5) is 26.9. The Morgan fingerprint density at radius 3 is 2.27 bits per heavy atom. The van der Waals surface area contributed by atoms with Crippen molar-refractivity contribution in [2.45, 2.75) is 26.3 Å². The fourth-order valence-electron chi connectivity index (χ4n) is 3.24. The highest BCUT2D eigenvalue weighted by molar-refractivity contribution is 6.17. The Balaban J connectivity index is 2.16. The zero-order valence-corrected chi connectivity index (χ0v) is 14.7. The second-order valence-corrected chi connectivity index (χ2v) is 6.76. The van der Waals surface area contributed by atoms with Crippen molar-refractivity contribution in [3.05, 3.63) is 71.5 Å². The molecule has 5 heteroatoms. The topological polar surface area (TPSA) is 77.8 Å². The van der Waals surface area contributed by atoms with Gasteiger partial charge in [0.05, 0.1) is 17.3 Å². The molecule has 3 rings (SSSR count). The predicted molar refractivity (Wildman–Crippen MR) is 98.9 cm³/mol. The fraction of sp³-hybridized carbons (Fsp3) is 0.238. The van der Waals surface area contributed by atoms with E-state index in [0.717, 1.165) is 0 Å². The summed E-state index contributed by atoms with van der Waals surface area (Å²) in [6.45, 7) is 3.81. The van der Waals surface area contributed by atoms with Crippen LogP contribution in [0.15, 0.2) is 65.9 Å². The van der Waals surface area contributed by atoms with Crippen molar-refractivity contribution in [2.24, 2.45) is 5.92 Å². The number of amides is 1. The maximum atomic E-state index is 12.8. The predicted octanol–water partition coefficient (Wildman–Crippen LogP) is 3.91. The number of hydrogen-bond donors (Lipinski definition) is 2. The number of carbonyl (C=O) groups is 2. The number of para-hydroxylation sites is 2. The Morgan fingerprint density at radius 2 is 1.65 bits per heavy atom. The molecule has 0 fully saturated rings. The summed E-state index contributed by atoms with van der Waals surface area (Å²) in [6, 6.07) is 14.7. The minimum absolute atomic E-state index is 0.0816. The van der Waals surface area contributed by atoms with E-state index < -0.39 is 17.7 Å². The number of nitrogens with zero attached hydrogens (tertiary/aromatic N) is 1. The Kier molecular flexibility index (Phi) is 4.80. The highest BCUT2D eigenvalue weighted by Gasteiger charge is 2.44. The molecule has 0 aromatic heterocycles. The summed E-state index contributed by atoms with van der Waals surface area (Å²) in [5.74, 6) is -1.50. The van der Waals surface area contributed by atoms with E-state index in [0.29, 0.717) is 5.56 Å². The van der Waals surface area contributed by atoms with Crippen LogP contribution in [0.25, 0.3) is 0 Å².